The summed E-state index contributed by atoms with van der Waals surface area (Å²) in [7, 11) is 0. The van der Waals surface area contributed by atoms with Crippen LogP contribution in [0.4, 0.5) is 0 Å². The van der Waals surface area contributed by atoms with Crippen molar-refractivity contribution in [3.8, 4) is 5.75 Å². The molecule has 4 heteroatoms. The Labute approximate surface area is 148 Å². The predicted molar refractivity (Wildman–Crippen MR) is 100 cm³/mol. The van der Waals surface area contributed by atoms with Crippen LogP contribution >= 0.6 is 0 Å². The van der Waals surface area contributed by atoms with Crippen LogP contribution in [0.5, 0.6) is 5.75 Å². The van der Waals surface area contributed by atoms with Crippen LogP contribution in [0.3, 0.4) is 0 Å². The highest BCUT2D eigenvalue weighted by Crippen LogP contribution is 2.24. The number of fused-ring (bicyclic) bond motifs is 1. The Balaban J connectivity index is 1.60. The Morgan fingerprint density at radius 3 is 2.48 bits per heavy atom. The third-order valence-electron chi connectivity index (χ3n) is 4.34. The van der Waals surface area contributed by atoms with Gasteiger partial charge in [-0.15, -0.1) is 0 Å². The zero-order chi connectivity index (χ0) is 18.0. The molecular formula is C21H25NO3. The first kappa shape index (κ1) is 17.3. The van der Waals surface area contributed by atoms with E-state index in [0.29, 0.717) is 18.7 Å². The van der Waals surface area contributed by atoms with Gasteiger partial charge in [-0.3, -0.25) is 4.57 Å². The number of aryl methyl sites for hydroxylation is 2. The van der Waals surface area contributed by atoms with Gasteiger partial charge in [-0.25, -0.2) is 4.79 Å². The molecule has 0 amide bonds. The van der Waals surface area contributed by atoms with Gasteiger partial charge in [0.2, 0.25) is 0 Å². The first-order valence-corrected chi connectivity index (χ1v) is 8.68. The van der Waals surface area contributed by atoms with E-state index in [4.69, 9.17) is 9.15 Å². The predicted octanol–water partition coefficient (Wildman–Crippen LogP) is 4.67. The molecule has 0 fully saturated rings. The van der Waals surface area contributed by atoms with Crippen LogP contribution in [0.25, 0.3) is 11.1 Å². The van der Waals surface area contributed by atoms with E-state index in [1.165, 1.54) is 5.56 Å². The van der Waals surface area contributed by atoms with Crippen LogP contribution in [0.2, 0.25) is 0 Å². The molecule has 0 aliphatic carbocycles. The SMILES string of the molecule is Cc1ccc2oc(=O)n(CCCOc3ccc(C(C)(C)C)cc3)c2c1. The Bertz CT molecular complexity index is 911. The summed E-state index contributed by atoms with van der Waals surface area (Å²) in [5.74, 6) is 0.545. The number of rotatable bonds is 5. The number of aromatic nitrogens is 1. The average molecular weight is 339 g/mol. The highest BCUT2D eigenvalue weighted by atomic mass is 16.5. The molecule has 0 aliphatic rings. The molecule has 0 unspecified atom stereocenters. The summed E-state index contributed by atoms with van der Waals surface area (Å²) in [6.07, 6.45) is 0.740. The van der Waals surface area contributed by atoms with Crippen LogP contribution in [-0.4, -0.2) is 11.2 Å². The number of nitrogens with zero attached hydrogens (tertiary/aromatic N) is 1. The second-order valence-corrected chi connectivity index (χ2v) is 7.47. The van der Waals surface area contributed by atoms with E-state index in [1.807, 2.05) is 37.3 Å². The highest BCUT2D eigenvalue weighted by molar-refractivity contribution is 5.73. The van der Waals surface area contributed by atoms with Crippen molar-refractivity contribution in [1.82, 2.24) is 4.57 Å². The van der Waals surface area contributed by atoms with Crippen molar-refractivity contribution < 1.29 is 9.15 Å². The topological polar surface area (TPSA) is 44.4 Å². The third kappa shape index (κ3) is 3.95. The summed E-state index contributed by atoms with van der Waals surface area (Å²) in [5, 5.41) is 0. The minimum absolute atomic E-state index is 0.139. The highest BCUT2D eigenvalue weighted by Gasteiger charge is 2.13. The van der Waals surface area contributed by atoms with Crippen molar-refractivity contribution in [2.24, 2.45) is 0 Å². The second kappa shape index (κ2) is 6.79. The van der Waals surface area contributed by atoms with Gasteiger partial charge in [0, 0.05) is 6.54 Å². The van der Waals surface area contributed by atoms with Gasteiger partial charge < -0.3 is 9.15 Å². The Kier molecular flexibility index (Phi) is 4.71. The first-order valence-electron chi connectivity index (χ1n) is 8.68. The zero-order valence-electron chi connectivity index (χ0n) is 15.3. The molecule has 0 radical (unpaired) electrons. The molecule has 1 aromatic heterocycles. The lowest BCUT2D eigenvalue weighted by molar-refractivity contribution is 0.300. The summed E-state index contributed by atoms with van der Waals surface area (Å²) in [6, 6.07) is 14.0. The first-order chi connectivity index (χ1) is 11.8. The van der Waals surface area contributed by atoms with Crippen molar-refractivity contribution in [2.45, 2.75) is 46.1 Å². The third-order valence-corrected chi connectivity index (χ3v) is 4.34. The van der Waals surface area contributed by atoms with Crippen molar-refractivity contribution in [2.75, 3.05) is 6.61 Å². The van der Waals surface area contributed by atoms with Crippen LogP contribution in [0.15, 0.2) is 51.7 Å². The van der Waals surface area contributed by atoms with E-state index < -0.39 is 0 Å². The van der Waals surface area contributed by atoms with E-state index in [2.05, 4.69) is 32.9 Å². The molecule has 25 heavy (non-hydrogen) atoms. The van der Waals surface area contributed by atoms with Crippen LogP contribution in [-0.2, 0) is 12.0 Å². The van der Waals surface area contributed by atoms with Crippen molar-refractivity contribution in [1.29, 1.82) is 0 Å². The fourth-order valence-corrected chi connectivity index (χ4v) is 2.85. The van der Waals surface area contributed by atoms with E-state index in [1.54, 1.807) is 4.57 Å². The zero-order valence-corrected chi connectivity index (χ0v) is 15.3. The summed E-state index contributed by atoms with van der Waals surface area (Å²) in [4.78, 5) is 12.0. The molecule has 0 N–H and O–H groups in total. The lowest BCUT2D eigenvalue weighted by Crippen LogP contribution is -2.16. The van der Waals surface area contributed by atoms with Crippen molar-refractivity contribution in [3.63, 3.8) is 0 Å². The lowest BCUT2D eigenvalue weighted by Gasteiger charge is -2.19. The molecular weight excluding hydrogens is 314 g/mol. The van der Waals surface area contributed by atoms with Crippen LogP contribution < -0.4 is 10.5 Å². The largest absolute Gasteiger partial charge is 0.494 e. The smallest absolute Gasteiger partial charge is 0.419 e. The van der Waals surface area contributed by atoms with E-state index in [0.717, 1.165) is 23.3 Å². The fourth-order valence-electron chi connectivity index (χ4n) is 2.85. The maximum absolute atomic E-state index is 12.0. The number of oxazole rings is 1. The van der Waals surface area contributed by atoms with Crippen molar-refractivity contribution in [3.05, 3.63) is 64.1 Å². The molecule has 132 valence electrons. The quantitative estimate of drug-likeness (QED) is 0.635. The van der Waals surface area contributed by atoms with Gasteiger partial charge in [0.05, 0.1) is 12.1 Å². The molecule has 3 rings (SSSR count). The molecule has 3 aromatic rings. The van der Waals surface area contributed by atoms with Gasteiger partial charge in [-0.05, 0) is 54.2 Å². The van der Waals surface area contributed by atoms with E-state index in [-0.39, 0.29) is 11.2 Å². The Morgan fingerprint density at radius 2 is 1.80 bits per heavy atom. The maximum atomic E-state index is 12.0. The molecule has 0 saturated heterocycles. The normalized spacial score (nSPS) is 11.8. The van der Waals surface area contributed by atoms with Crippen LogP contribution in [0, 0.1) is 6.92 Å². The molecule has 0 aliphatic heterocycles. The monoisotopic (exact) mass is 339 g/mol. The van der Waals surface area contributed by atoms with Gasteiger partial charge in [0.15, 0.2) is 5.58 Å². The minimum Gasteiger partial charge on any atom is -0.494 e. The standard InChI is InChI=1S/C21H25NO3/c1-15-6-11-19-18(14-15)22(20(23)25-19)12-5-13-24-17-9-7-16(8-10-17)21(2,3)4/h6-11,14H,5,12-13H2,1-4H3. The molecule has 1 heterocycles. The lowest BCUT2D eigenvalue weighted by atomic mass is 9.87. The molecule has 0 bridgehead atoms. The van der Waals surface area contributed by atoms with E-state index in [9.17, 15) is 4.79 Å². The fraction of sp³-hybridized carbons (Fsp3) is 0.381. The summed E-state index contributed by atoms with van der Waals surface area (Å²) >= 11 is 0. The number of hydrogen-bond donors (Lipinski definition) is 0. The van der Waals surface area contributed by atoms with Gasteiger partial charge in [0.1, 0.15) is 5.75 Å². The second-order valence-electron chi connectivity index (χ2n) is 7.47. The van der Waals surface area contributed by atoms with Gasteiger partial charge in [0.25, 0.3) is 0 Å². The maximum Gasteiger partial charge on any atom is 0.419 e. The minimum atomic E-state index is -0.310. The summed E-state index contributed by atoms with van der Waals surface area (Å²) in [6.45, 7) is 9.72. The van der Waals surface area contributed by atoms with Crippen LogP contribution in [0.1, 0.15) is 38.3 Å². The number of ether oxygens (including phenoxy) is 1. The van der Waals surface area contributed by atoms with E-state index >= 15 is 0 Å². The molecule has 0 saturated carbocycles. The Hall–Kier alpha value is -2.49. The molecule has 2 aromatic carbocycles. The summed E-state index contributed by atoms with van der Waals surface area (Å²) < 4.78 is 12.8. The molecule has 4 nitrogen and oxygen atoms in total. The van der Waals surface area contributed by atoms with Gasteiger partial charge >= 0.3 is 5.76 Å². The van der Waals surface area contributed by atoms with Crippen molar-refractivity contribution >= 4 is 11.1 Å². The number of benzene rings is 2. The van der Waals surface area contributed by atoms with Gasteiger partial charge in [-0.2, -0.15) is 0 Å². The molecule has 0 spiro atoms. The Morgan fingerprint density at radius 1 is 1.08 bits per heavy atom. The summed E-state index contributed by atoms with van der Waals surface area (Å²) in [5.41, 5.74) is 4.01. The number of hydrogen-bond acceptors (Lipinski definition) is 3. The average Bonchev–Trinajstić information content (AvgIpc) is 2.86. The van der Waals surface area contributed by atoms with Gasteiger partial charge in [-0.1, -0.05) is 39.0 Å². The molecule has 0 atom stereocenters.